The third kappa shape index (κ3) is 2.44. The average Bonchev–Trinajstić information content (AvgIpc) is 3.29. The smallest absolute Gasteiger partial charge is 0.212 e. The number of nitrogens with zero attached hydrogens (tertiary/aromatic N) is 1. The van der Waals surface area contributed by atoms with Crippen molar-refractivity contribution in [3.8, 4) is 0 Å². The fourth-order valence-electron chi connectivity index (χ4n) is 3.03. The zero-order chi connectivity index (χ0) is 14.7. The third-order valence-electron chi connectivity index (χ3n) is 4.64. The van der Waals surface area contributed by atoms with Crippen molar-refractivity contribution < 1.29 is 17.3 Å². The number of rotatable bonds is 5. The molecule has 1 unspecified atom stereocenters. The number of hydrogen-bond donors (Lipinski definition) is 1. The van der Waals surface area contributed by atoms with Crippen LogP contribution in [0.1, 0.15) is 25.0 Å². The molecule has 0 bridgehead atoms. The summed E-state index contributed by atoms with van der Waals surface area (Å²) in [5.41, 5.74) is 1.17. The van der Waals surface area contributed by atoms with Gasteiger partial charge in [-0.05, 0) is 42.7 Å². The van der Waals surface area contributed by atoms with Gasteiger partial charge >= 0.3 is 0 Å². The number of hydrogen-bond acceptors (Lipinski definition) is 4. The highest BCUT2D eigenvalue weighted by Crippen LogP contribution is 2.70. The van der Waals surface area contributed by atoms with E-state index in [0.29, 0.717) is 28.0 Å². The van der Waals surface area contributed by atoms with Gasteiger partial charge < -0.3 is 4.52 Å². The predicted octanol–water partition coefficient (Wildman–Crippen LogP) is 2.19. The Morgan fingerprint density at radius 1 is 1.43 bits per heavy atom. The first kappa shape index (κ1) is 13.2. The van der Waals surface area contributed by atoms with Gasteiger partial charge in [-0.3, -0.25) is 0 Å². The molecule has 1 spiro atoms. The lowest BCUT2D eigenvalue weighted by Crippen LogP contribution is -2.27. The summed E-state index contributed by atoms with van der Waals surface area (Å²) in [6.07, 6.45) is 3.39. The molecule has 0 aliphatic heterocycles. The quantitative estimate of drug-likeness (QED) is 0.919. The van der Waals surface area contributed by atoms with Crippen molar-refractivity contribution >= 4 is 21.0 Å². The second-order valence-electron chi connectivity index (χ2n) is 6.14. The normalized spacial score (nSPS) is 22.8. The maximum Gasteiger partial charge on any atom is 0.212 e. The molecule has 2 fully saturated rings. The molecular formula is C14H15FN2O3S. The summed E-state index contributed by atoms with van der Waals surface area (Å²) >= 11 is 0. The van der Waals surface area contributed by atoms with Crippen molar-refractivity contribution in [3.63, 3.8) is 0 Å². The molecule has 1 aromatic carbocycles. The van der Waals surface area contributed by atoms with Crippen molar-refractivity contribution in [3.05, 3.63) is 29.7 Å². The van der Waals surface area contributed by atoms with E-state index >= 15 is 0 Å². The lowest BCUT2D eigenvalue weighted by molar-refractivity contribution is 0.443. The van der Waals surface area contributed by atoms with E-state index in [-0.39, 0.29) is 12.3 Å². The van der Waals surface area contributed by atoms with Crippen LogP contribution in [0.5, 0.6) is 0 Å². The second-order valence-corrected chi connectivity index (χ2v) is 7.99. The van der Waals surface area contributed by atoms with E-state index in [9.17, 15) is 12.8 Å². The Balaban J connectivity index is 1.45. The van der Waals surface area contributed by atoms with Gasteiger partial charge in [0.25, 0.3) is 0 Å². The summed E-state index contributed by atoms with van der Waals surface area (Å²) in [7, 11) is -3.31. The number of aromatic nitrogens is 1. The van der Waals surface area contributed by atoms with Gasteiger partial charge in [-0.1, -0.05) is 5.16 Å². The molecule has 2 aliphatic rings. The summed E-state index contributed by atoms with van der Waals surface area (Å²) in [4.78, 5) is 0. The summed E-state index contributed by atoms with van der Waals surface area (Å²) in [6, 6.07) is 4.09. The highest BCUT2D eigenvalue weighted by atomic mass is 32.2. The Bertz CT molecular complexity index is 811. The van der Waals surface area contributed by atoms with Crippen LogP contribution in [0.3, 0.4) is 0 Å². The molecule has 2 aromatic rings. The van der Waals surface area contributed by atoms with Gasteiger partial charge in [0.1, 0.15) is 11.5 Å². The second kappa shape index (κ2) is 4.27. The maximum atomic E-state index is 13.1. The van der Waals surface area contributed by atoms with Crippen LogP contribution in [-0.4, -0.2) is 19.3 Å². The van der Waals surface area contributed by atoms with E-state index in [1.165, 1.54) is 25.0 Å². The average molecular weight is 310 g/mol. The largest absolute Gasteiger partial charge is 0.356 e. The fourth-order valence-corrected chi connectivity index (χ4v) is 4.51. The highest BCUT2D eigenvalue weighted by Gasteiger charge is 2.63. The van der Waals surface area contributed by atoms with Gasteiger partial charge in [0, 0.05) is 11.5 Å². The highest BCUT2D eigenvalue weighted by molar-refractivity contribution is 7.89. The van der Waals surface area contributed by atoms with E-state index in [0.717, 1.165) is 6.42 Å². The molecule has 7 heteroatoms. The molecule has 1 heterocycles. The lowest BCUT2D eigenvalue weighted by Gasteiger charge is -2.04. The van der Waals surface area contributed by atoms with Crippen LogP contribution in [0.15, 0.2) is 22.7 Å². The minimum Gasteiger partial charge on any atom is -0.356 e. The first-order valence-corrected chi connectivity index (χ1v) is 8.64. The zero-order valence-electron chi connectivity index (χ0n) is 11.3. The maximum absolute atomic E-state index is 13.1. The van der Waals surface area contributed by atoms with Gasteiger partial charge in [-0.25, -0.2) is 17.5 Å². The molecule has 2 aliphatic carbocycles. The Hall–Kier alpha value is -1.47. The van der Waals surface area contributed by atoms with Crippen molar-refractivity contribution in [2.24, 2.45) is 11.3 Å². The predicted molar refractivity (Wildman–Crippen MR) is 74.4 cm³/mol. The molecule has 21 heavy (non-hydrogen) atoms. The molecule has 1 N–H and O–H groups in total. The minimum absolute atomic E-state index is 0.0701. The van der Waals surface area contributed by atoms with Gasteiger partial charge in [0.15, 0.2) is 5.58 Å². The van der Waals surface area contributed by atoms with Gasteiger partial charge in [-0.15, -0.1) is 0 Å². The molecule has 4 rings (SSSR count). The molecule has 1 aromatic heterocycles. The number of sulfonamides is 1. The van der Waals surface area contributed by atoms with Crippen LogP contribution < -0.4 is 4.72 Å². The van der Waals surface area contributed by atoms with Crippen molar-refractivity contribution in [1.29, 1.82) is 0 Å². The summed E-state index contributed by atoms with van der Waals surface area (Å²) < 4.78 is 44.7. The van der Waals surface area contributed by atoms with Crippen LogP contribution in [-0.2, 0) is 16.6 Å². The number of fused-ring (bicyclic) bond motifs is 1. The molecule has 0 saturated heterocycles. The Labute approximate surface area is 121 Å². The molecule has 112 valence electrons. The van der Waals surface area contributed by atoms with Gasteiger partial charge in [-0.2, -0.15) is 0 Å². The van der Waals surface area contributed by atoms with Crippen molar-refractivity contribution in [1.82, 2.24) is 9.88 Å². The minimum atomic E-state index is -3.31. The van der Waals surface area contributed by atoms with E-state index < -0.39 is 15.8 Å². The summed E-state index contributed by atoms with van der Waals surface area (Å²) in [5.74, 6) is 0.102. The molecule has 0 radical (unpaired) electrons. The van der Waals surface area contributed by atoms with E-state index in [1.54, 1.807) is 6.07 Å². The molecule has 0 amide bonds. The van der Waals surface area contributed by atoms with Crippen LogP contribution in [0, 0.1) is 17.2 Å². The number of halogens is 1. The van der Waals surface area contributed by atoms with Gasteiger partial charge in [0.05, 0.1) is 12.3 Å². The van der Waals surface area contributed by atoms with Crippen LogP contribution in [0.2, 0.25) is 0 Å². The third-order valence-corrected chi connectivity index (χ3v) is 6.07. The number of benzene rings is 1. The van der Waals surface area contributed by atoms with Crippen LogP contribution in [0.4, 0.5) is 4.39 Å². The SMILES string of the molecule is O=S(=O)(CC1CC12CC2)NCc1noc2cc(F)ccc12. The fraction of sp³-hybridized carbons (Fsp3) is 0.500. The Kier molecular flexibility index (Phi) is 2.68. The van der Waals surface area contributed by atoms with Gasteiger partial charge in [0.2, 0.25) is 10.0 Å². The van der Waals surface area contributed by atoms with Crippen LogP contribution >= 0.6 is 0 Å². The molecule has 1 atom stereocenters. The number of nitrogens with one attached hydrogen (secondary N) is 1. The molecule has 5 nitrogen and oxygen atoms in total. The lowest BCUT2D eigenvalue weighted by atomic mass is 10.2. The first-order chi connectivity index (χ1) is 9.97. The van der Waals surface area contributed by atoms with E-state index in [1.807, 2.05) is 0 Å². The van der Waals surface area contributed by atoms with Crippen molar-refractivity contribution in [2.75, 3.05) is 5.75 Å². The summed E-state index contributed by atoms with van der Waals surface area (Å²) in [5, 5.41) is 4.44. The summed E-state index contributed by atoms with van der Waals surface area (Å²) in [6.45, 7) is 0.0701. The van der Waals surface area contributed by atoms with E-state index in [4.69, 9.17) is 4.52 Å². The molecular weight excluding hydrogens is 295 g/mol. The zero-order valence-corrected chi connectivity index (χ0v) is 12.1. The standard InChI is InChI=1S/C14H15FN2O3S/c15-10-1-2-11-12(17-20-13(11)5-10)7-16-21(18,19)8-9-6-14(9)3-4-14/h1-2,5,9,16H,3-4,6-8H2. The Morgan fingerprint density at radius 2 is 2.24 bits per heavy atom. The topological polar surface area (TPSA) is 72.2 Å². The van der Waals surface area contributed by atoms with E-state index in [2.05, 4.69) is 9.88 Å². The first-order valence-electron chi connectivity index (χ1n) is 6.99. The Morgan fingerprint density at radius 3 is 2.95 bits per heavy atom. The van der Waals surface area contributed by atoms with Crippen LogP contribution in [0.25, 0.3) is 11.0 Å². The molecule has 2 saturated carbocycles. The monoisotopic (exact) mass is 310 g/mol. The van der Waals surface area contributed by atoms with Crippen molar-refractivity contribution in [2.45, 2.75) is 25.8 Å².